The van der Waals surface area contributed by atoms with Crippen LogP contribution in [0.15, 0.2) is 94.9 Å². The molecule has 0 fully saturated rings. The van der Waals surface area contributed by atoms with Crippen molar-refractivity contribution in [2.75, 3.05) is 0 Å². The highest BCUT2D eigenvalue weighted by molar-refractivity contribution is 5.82. The van der Waals surface area contributed by atoms with Crippen LogP contribution in [0.25, 0.3) is 11.1 Å². The summed E-state index contributed by atoms with van der Waals surface area (Å²) in [7, 11) is 0. The Morgan fingerprint density at radius 2 is 0.860 bits per heavy atom. The Morgan fingerprint density at radius 3 is 1.16 bits per heavy atom. The largest absolute Gasteiger partial charge is 0.240 e. The number of hydrogen-bond acceptors (Lipinski definition) is 4. The van der Waals surface area contributed by atoms with E-state index < -0.39 is 0 Å². The first kappa shape index (κ1) is 30.1. The molecule has 4 nitrogen and oxygen atoms in total. The number of hydrogen-bond donors (Lipinski definition) is 0. The van der Waals surface area contributed by atoms with E-state index in [1.807, 2.05) is 24.3 Å². The Labute approximate surface area is 255 Å². The zero-order chi connectivity index (χ0) is 30.8. The van der Waals surface area contributed by atoms with Gasteiger partial charge in [0.05, 0.1) is 11.4 Å². The lowest BCUT2D eigenvalue weighted by Gasteiger charge is -2.35. The summed E-state index contributed by atoms with van der Waals surface area (Å²) < 4.78 is 0. The summed E-state index contributed by atoms with van der Waals surface area (Å²) in [6, 6.07) is 30.2. The third kappa shape index (κ3) is 4.82. The molecule has 0 aromatic heterocycles. The molecule has 0 spiro atoms. The predicted molar refractivity (Wildman–Crippen MR) is 175 cm³/mol. The Balaban J connectivity index is 1.60. The van der Waals surface area contributed by atoms with Crippen molar-refractivity contribution in [3.05, 3.63) is 118 Å². The lowest BCUT2D eigenvalue weighted by Crippen LogP contribution is -2.27. The van der Waals surface area contributed by atoms with Crippen molar-refractivity contribution in [1.29, 1.82) is 0 Å². The van der Waals surface area contributed by atoms with E-state index in [4.69, 9.17) is 0 Å². The Morgan fingerprint density at radius 1 is 0.535 bits per heavy atom. The van der Waals surface area contributed by atoms with Gasteiger partial charge in [0.1, 0.15) is 0 Å². The second kappa shape index (κ2) is 11.7. The van der Waals surface area contributed by atoms with Gasteiger partial charge >= 0.3 is 0 Å². The van der Waals surface area contributed by atoms with Gasteiger partial charge in [0.25, 0.3) is 0 Å². The van der Waals surface area contributed by atoms with E-state index in [1.54, 1.807) is 12.2 Å². The van der Waals surface area contributed by atoms with E-state index in [1.165, 1.54) is 44.5 Å². The van der Waals surface area contributed by atoms with Crippen molar-refractivity contribution >= 4 is 23.5 Å². The van der Waals surface area contributed by atoms with Crippen molar-refractivity contribution in [2.45, 2.75) is 83.5 Å². The van der Waals surface area contributed by atoms with E-state index in [0.717, 1.165) is 25.7 Å². The molecular weight excluding hydrogens is 528 g/mol. The van der Waals surface area contributed by atoms with Gasteiger partial charge in [-0.1, -0.05) is 102 Å². The molecular formula is C39H40N2O2. The van der Waals surface area contributed by atoms with Crippen LogP contribution in [0.5, 0.6) is 0 Å². The van der Waals surface area contributed by atoms with Gasteiger partial charge < -0.3 is 0 Å². The molecule has 5 rings (SSSR count). The summed E-state index contributed by atoms with van der Waals surface area (Å²) in [5.41, 5.74) is 11.2. The lowest BCUT2D eigenvalue weighted by atomic mass is 9.68. The Bertz CT molecular complexity index is 1600. The quantitative estimate of drug-likeness (QED) is 0.141. The zero-order valence-electron chi connectivity index (χ0n) is 26.1. The van der Waals surface area contributed by atoms with Gasteiger partial charge in [0.15, 0.2) is 0 Å². The highest BCUT2D eigenvalue weighted by Gasteiger charge is 2.40. The number of nitrogens with zero attached hydrogens (tertiary/aromatic N) is 2. The van der Waals surface area contributed by atoms with Crippen LogP contribution in [0, 0.1) is 0 Å². The first-order valence-corrected chi connectivity index (χ1v) is 15.4. The van der Waals surface area contributed by atoms with Gasteiger partial charge in [-0.2, -0.15) is 9.98 Å². The predicted octanol–water partition coefficient (Wildman–Crippen LogP) is 10.1. The van der Waals surface area contributed by atoms with E-state index in [9.17, 15) is 9.59 Å². The highest BCUT2D eigenvalue weighted by atomic mass is 16.1. The summed E-state index contributed by atoms with van der Waals surface area (Å²) in [5, 5.41) is 0. The minimum Gasteiger partial charge on any atom is -0.211 e. The van der Waals surface area contributed by atoms with Gasteiger partial charge in [0.2, 0.25) is 12.2 Å². The maximum Gasteiger partial charge on any atom is 0.240 e. The molecule has 218 valence electrons. The van der Waals surface area contributed by atoms with Crippen molar-refractivity contribution in [2.24, 2.45) is 9.98 Å². The fourth-order valence-corrected chi connectivity index (χ4v) is 7.61. The second-order valence-corrected chi connectivity index (χ2v) is 12.2. The molecule has 43 heavy (non-hydrogen) atoms. The first-order valence-electron chi connectivity index (χ1n) is 15.4. The lowest BCUT2D eigenvalue weighted by molar-refractivity contribution is 0.475. The monoisotopic (exact) mass is 568 g/mol. The summed E-state index contributed by atoms with van der Waals surface area (Å²) in [6.45, 7) is 13.7. The number of benzene rings is 4. The van der Waals surface area contributed by atoms with Gasteiger partial charge in [-0.3, -0.25) is 0 Å². The molecule has 0 bridgehead atoms. The Kier molecular flexibility index (Phi) is 8.21. The van der Waals surface area contributed by atoms with Crippen molar-refractivity contribution in [1.82, 2.24) is 0 Å². The molecule has 0 aliphatic heterocycles. The molecule has 4 aromatic carbocycles. The molecule has 0 atom stereocenters. The molecule has 0 saturated carbocycles. The van der Waals surface area contributed by atoms with Crippen molar-refractivity contribution in [3.63, 3.8) is 0 Å². The maximum absolute atomic E-state index is 10.8. The van der Waals surface area contributed by atoms with Gasteiger partial charge in [-0.25, -0.2) is 9.59 Å². The third-order valence-corrected chi connectivity index (χ3v) is 10.4. The fourth-order valence-electron chi connectivity index (χ4n) is 7.61. The van der Waals surface area contributed by atoms with Crippen molar-refractivity contribution < 1.29 is 9.59 Å². The van der Waals surface area contributed by atoms with Crippen LogP contribution in [0.1, 0.15) is 101 Å². The average molecular weight is 569 g/mol. The number of rotatable bonds is 10. The van der Waals surface area contributed by atoms with E-state index in [-0.39, 0.29) is 16.2 Å². The van der Waals surface area contributed by atoms with Gasteiger partial charge in [0, 0.05) is 16.2 Å². The highest BCUT2D eigenvalue weighted by Crippen LogP contribution is 2.52. The van der Waals surface area contributed by atoms with Crippen LogP contribution >= 0.6 is 0 Å². The van der Waals surface area contributed by atoms with Crippen LogP contribution in [0.2, 0.25) is 0 Å². The number of fused-ring (bicyclic) bond motifs is 3. The van der Waals surface area contributed by atoms with Crippen LogP contribution in [0.4, 0.5) is 11.4 Å². The average Bonchev–Trinajstić information content (AvgIpc) is 3.26. The summed E-state index contributed by atoms with van der Waals surface area (Å²) in [5.74, 6) is 0. The Hall–Kier alpha value is -4.36. The molecule has 0 amide bonds. The third-order valence-electron chi connectivity index (χ3n) is 10.4. The topological polar surface area (TPSA) is 58.9 Å². The van der Waals surface area contributed by atoms with E-state index in [2.05, 4.69) is 112 Å². The van der Waals surface area contributed by atoms with E-state index in [0.29, 0.717) is 11.4 Å². The summed E-state index contributed by atoms with van der Waals surface area (Å²) >= 11 is 0. The van der Waals surface area contributed by atoms with Crippen LogP contribution < -0.4 is 0 Å². The van der Waals surface area contributed by atoms with E-state index >= 15 is 0 Å². The molecule has 1 aliphatic carbocycles. The van der Waals surface area contributed by atoms with Crippen LogP contribution in [-0.4, -0.2) is 12.2 Å². The minimum absolute atomic E-state index is 0.145. The smallest absolute Gasteiger partial charge is 0.211 e. The molecule has 0 N–H and O–H groups in total. The molecule has 4 aromatic rings. The molecule has 0 heterocycles. The molecule has 0 saturated heterocycles. The zero-order valence-corrected chi connectivity index (χ0v) is 26.1. The minimum atomic E-state index is -0.164. The van der Waals surface area contributed by atoms with Gasteiger partial charge in [-0.05, 0) is 94.5 Å². The standard InChI is InChI=1S/C39H40N2O2/c1-7-38(8-2,27-11-17-31(18-12-27)40-25-42)29-15-21-33-34-22-16-30(24-36(34)37(5,6)35(33)23-29)39(9-3,10-4)28-13-19-32(20-14-28)41-26-43/h11-24H,7-10H2,1-6H3. The molecule has 1 aliphatic rings. The maximum atomic E-state index is 10.8. The van der Waals surface area contributed by atoms with Crippen LogP contribution in [-0.2, 0) is 25.8 Å². The SMILES string of the molecule is CCC(CC)(c1ccc(N=C=O)cc1)c1ccc2c(c1)C(C)(C)c1cc(C(CC)(CC)c3ccc(N=C=O)cc3)ccc1-2. The number of aliphatic imine (C=N–C) groups is 2. The number of isocyanates is 2. The summed E-state index contributed by atoms with van der Waals surface area (Å²) in [4.78, 5) is 29.1. The molecule has 0 radical (unpaired) electrons. The first-order chi connectivity index (χ1) is 20.7. The normalized spacial score (nSPS) is 13.4. The number of carbonyl (C=O) groups excluding carboxylic acids is 2. The molecule has 4 heteroatoms. The second-order valence-electron chi connectivity index (χ2n) is 12.2. The fraction of sp³-hybridized carbons (Fsp3) is 0.333. The van der Waals surface area contributed by atoms with Crippen molar-refractivity contribution in [3.8, 4) is 11.1 Å². The molecule has 0 unspecified atom stereocenters. The van der Waals surface area contributed by atoms with Crippen LogP contribution in [0.3, 0.4) is 0 Å². The summed E-state index contributed by atoms with van der Waals surface area (Å²) in [6.07, 6.45) is 7.13. The van der Waals surface area contributed by atoms with Gasteiger partial charge in [-0.15, -0.1) is 0 Å².